The lowest BCUT2D eigenvalue weighted by atomic mass is 9.56. The summed E-state index contributed by atoms with van der Waals surface area (Å²) in [5.41, 5.74) is 3.30. The molecule has 1 aliphatic carbocycles. The maximum atomic E-state index is 12.0. The zero-order chi connectivity index (χ0) is 19.4. The highest BCUT2D eigenvalue weighted by Crippen LogP contribution is 2.50. The first-order chi connectivity index (χ1) is 13.5. The number of β-amino-alcohol motifs (C(OH)–C–C–N with tert-alkyl or cyclic N) is 1. The maximum absolute atomic E-state index is 12.0. The molecule has 1 saturated heterocycles. The van der Waals surface area contributed by atoms with Gasteiger partial charge in [0.15, 0.2) is 0 Å². The van der Waals surface area contributed by atoms with Gasteiger partial charge in [0, 0.05) is 35.9 Å². The van der Waals surface area contributed by atoms with Gasteiger partial charge < -0.3 is 14.7 Å². The Morgan fingerprint density at radius 2 is 1.93 bits per heavy atom. The summed E-state index contributed by atoms with van der Waals surface area (Å²) >= 11 is 0. The van der Waals surface area contributed by atoms with Gasteiger partial charge >= 0.3 is 0 Å². The fraction of sp³-hybridized carbons (Fsp3) is 0.375. The first-order valence-electron chi connectivity index (χ1n) is 9.96. The number of ether oxygens (including phenoxy) is 1. The molecule has 0 spiro atoms. The standard InChI is InChI=1S/C24H26N2O2/c1-26-11-10-23(19-7-5-8-20(13-19)28-2)15-22-18(14-24(23,27)16-26)12-17-6-3-4-9-21(17)25-22/h3-9,12-13,27H,10-11,14-16H2,1-2H3/t23-,24-/m0/s1. The van der Waals surface area contributed by atoms with Crippen LogP contribution in [0.3, 0.4) is 0 Å². The summed E-state index contributed by atoms with van der Waals surface area (Å²) in [6, 6.07) is 18.7. The molecule has 0 radical (unpaired) electrons. The molecule has 5 rings (SSSR count). The van der Waals surface area contributed by atoms with Crippen LogP contribution >= 0.6 is 0 Å². The molecule has 2 aliphatic rings. The number of hydrogen-bond donors (Lipinski definition) is 1. The quantitative estimate of drug-likeness (QED) is 0.747. The second kappa shape index (κ2) is 6.29. The van der Waals surface area contributed by atoms with Crippen LogP contribution < -0.4 is 4.74 Å². The van der Waals surface area contributed by atoms with Crippen molar-refractivity contribution in [2.24, 2.45) is 0 Å². The van der Waals surface area contributed by atoms with Crippen LogP contribution in [-0.2, 0) is 18.3 Å². The van der Waals surface area contributed by atoms with Crippen LogP contribution in [0.4, 0.5) is 0 Å². The summed E-state index contributed by atoms with van der Waals surface area (Å²) in [6.07, 6.45) is 2.29. The minimum Gasteiger partial charge on any atom is -0.497 e. The SMILES string of the molecule is COc1cccc([C@@]23CCN(C)C[C@@]2(O)Cc2cc4ccccc4nc2C3)c1. The van der Waals surface area contributed by atoms with Crippen LogP contribution in [0.25, 0.3) is 10.9 Å². The van der Waals surface area contributed by atoms with Crippen LogP contribution in [0.1, 0.15) is 23.2 Å². The molecule has 1 aliphatic heterocycles. The summed E-state index contributed by atoms with van der Waals surface area (Å²) in [5.74, 6) is 0.838. The first-order valence-corrected chi connectivity index (χ1v) is 9.96. The number of piperidine rings is 1. The van der Waals surface area contributed by atoms with Crippen molar-refractivity contribution in [3.05, 3.63) is 71.4 Å². The van der Waals surface area contributed by atoms with Gasteiger partial charge in [0.05, 0.1) is 18.2 Å². The number of pyridine rings is 1. The average molecular weight is 374 g/mol. The molecule has 1 aromatic heterocycles. The lowest BCUT2D eigenvalue weighted by Gasteiger charge is -2.56. The van der Waals surface area contributed by atoms with Crippen molar-refractivity contribution in [1.29, 1.82) is 0 Å². The third kappa shape index (κ3) is 2.55. The number of para-hydroxylation sites is 1. The number of benzene rings is 2. The van der Waals surface area contributed by atoms with Crippen molar-refractivity contribution in [3.8, 4) is 5.75 Å². The number of likely N-dealkylation sites (N-methyl/N-ethyl adjacent to an activating group) is 1. The Balaban J connectivity index is 1.70. The summed E-state index contributed by atoms with van der Waals surface area (Å²) in [7, 11) is 3.79. The Morgan fingerprint density at radius 3 is 2.79 bits per heavy atom. The number of fused-ring (bicyclic) bond motifs is 3. The van der Waals surface area contributed by atoms with Crippen LogP contribution in [0.15, 0.2) is 54.6 Å². The Bertz CT molecular complexity index is 1050. The van der Waals surface area contributed by atoms with E-state index in [2.05, 4.69) is 42.3 Å². The zero-order valence-electron chi connectivity index (χ0n) is 16.5. The van der Waals surface area contributed by atoms with Gasteiger partial charge in [0.2, 0.25) is 0 Å². The molecular formula is C24H26N2O2. The van der Waals surface area contributed by atoms with Crippen molar-refractivity contribution < 1.29 is 9.84 Å². The van der Waals surface area contributed by atoms with E-state index in [-0.39, 0.29) is 5.41 Å². The summed E-state index contributed by atoms with van der Waals surface area (Å²) in [4.78, 5) is 7.26. The molecule has 2 aromatic carbocycles. The Morgan fingerprint density at radius 1 is 1.07 bits per heavy atom. The second-order valence-corrected chi connectivity index (χ2v) is 8.47. The Labute approximate surface area is 165 Å². The minimum atomic E-state index is -0.830. The number of nitrogens with zero attached hydrogens (tertiary/aromatic N) is 2. The maximum Gasteiger partial charge on any atom is 0.119 e. The molecule has 28 heavy (non-hydrogen) atoms. The first kappa shape index (κ1) is 17.7. The van der Waals surface area contributed by atoms with Crippen LogP contribution in [0.2, 0.25) is 0 Å². The second-order valence-electron chi connectivity index (χ2n) is 8.47. The average Bonchev–Trinajstić information content (AvgIpc) is 2.70. The zero-order valence-corrected chi connectivity index (χ0v) is 16.5. The fourth-order valence-electron chi connectivity index (χ4n) is 5.31. The molecule has 1 N–H and O–H groups in total. The minimum absolute atomic E-state index is 0.351. The highest BCUT2D eigenvalue weighted by Gasteiger charge is 2.56. The molecule has 2 heterocycles. The number of hydrogen-bond acceptors (Lipinski definition) is 4. The fourth-order valence-corrected chi connectivity index (χ4v) is 5.31. The molecular weight excluding hydrogens is 348 g/mol. The van der Waals surface area contributed by atoms with Gasteiger partial charge in [-0.3, -0.25) is 4.98 Å². The molecule has 0 amide bonds. The van der Waals surface area contributed by atoms with Crippen LogP contribution in [-0.4, -0.2) is 47.8 Å². The number of methoxy groups -OCH3 is 1. The smallest absolute Gasteiger partial charge is 0.119 e. The number of likely N-dealkylation sites (tertiary alicyclic amines) is 1. The predicted molar refractivity (Wildman–Crippen MR) is 111 cm³/mol. The van der Waals surface area contributed by atoms with E-state index in [0.29, 0.717) is 13.0 Å². The largest absolute Gasteiger partial charge is 0.497 e. The summed E-state index contributed by atoms with van der Waals surface area (Å²) < 4.78 is 5.50. The van der Waals surface area contributed by atoms with E-state index in [1.54, 1.807) is 7.11 Å². The van der Waals surface area contributed by atoms with E-state index in [1.165, 1.54) is 5.56 Å². The van der Waals surface area contributed by atoms with E-state index in [1.807, 2.05) is 24.3 Å². The van der Waals surface area contributed by atoms with Gasteiger partial charge in [0.25, 0.3) is 0 Å². The van der Waals surface area contributed by atoms with Crippen molar-refractivity contribution >= 4 is 10.9 Å². The van der Waals surface area contributed by atoms with Crippen LogP contribution in [0.5, 0.6) is 5.75 Å². The van der Waals surface area contributed by atoms with E-state index in [0.717, 1.165) is 47.3 Å². The van der Waals surface area contributed by atoms with Gasteiger partial charge in [-0.2, -0.15) is 0 Å². The Kier molecular flexibility index (Phi) is 3.97. The molecule has 3 aromatic rings. The Hall–Kier alpha value is -2.43. The molecule has 0 unspecified atom stereocenters. The monoisotopic (exact) mass is 374 g/mol. The topological polar surface area (TPSA) is 45.6 Å². The van der Waals surface area contributed by atoms with Crippen molar-refractivity contribution in [2.75, 3.05) is 27.2 Å². The summed E-state index contributed by atoms with van der Waals surface area (Å²) in [5, 5.41) is 13.2. The molecule has 0 saturated carbocycles. The van der Waals surface area contributed by atoms with Gasteiger partial charge in [-0.1, -0.05) is 30.3 Å². The van der Waals surface area contributed by atoms with Gasteiger partial charge in [0.1, 0.15) is 5.75 Å². The highest BCUT2D eigenvalue weighted by molar-refractivity contribution is 5.79. The van der Waals surface area contributed by atoms with Crippen molar-refractivity contribution in [1.82, 2.24) is 9.88 Å². The molecule has 0 bridgehead atoms. The third-order valence-electron chi connectivity index (χ3n) is 6.81. The molecule has 4 nitrogen and oxygen atoms in total. The highest BCUT2D eigenvalue weighted by atomic mass is 16.5. The van der Waals surface area contributed by atoms with E-state index < -0.39 is 5.60 Å². The van der Waals surface area contributed by atoms with Gasteiger partial charge in [-0.15, -0.1) is 0 Å². The molecule has 144 valence electrons. The third-order valence-corrected chi connectivity index (χ3v) is 6.81. The van der Waals surface area contributed by atoms with Gasteiger partial charge in [-0.25, -0.2) is 0 Å². The predicted octanol–water partition coefficient (Wildman–Crippen LogP) is 3.35. The number of aliphatic hydroxyl groups is 1. The normalized spacial score (nSPS) is 27.2. The van der Waals surface area contributed by atoms with Crippen molar-refractivity contribution in [3.63, 3.8) is 0 Å². The number of aromatic nitrogens is 1. The summed E-state index contributed by atoms with van der Waals surface area (Å²) in [6.45, 7) is 1.62. The van der Waals surface area contributed by atoms with E-state index in [9.17, 15) is 5.11 Å². The van der Waals surface area contributed by atoms with E-state index >= 15 is 0 Å². The molecule has 1 fully saturated rings. The van der Waals surface area contributed by atoms with Gasteiger partial charge in [-0.05, 0) is 55.4 Å². The van der Waals surface area contributed by atoms with Crippen molar-refractivity contribution in [2.45, 2.75) is 30.3 Å². The lowest BCUT2D eigenvalue weighted by Crippen LogP contribution is -2.66. The van der Waals surface area contributed by atoms with Crippen LogP contribution in [0, 0.1) is 0 Å². The molecule has 4 heteroatoms. The lowest BCUT2D eigenvalue weighted by molar-refractivity contribution is -0.0976. The number of rotatable bonds is 2. The van der Waals surface area contributed by atoms with E-state index in [4.69, 9.17) is 9.72 Å². The molecule has 2 atom stereocenters.